The molecule has 39 heavy (non-hydrogen) atoms. The van der Waals surface area contributed by atoms with Gasteiger partial charge in [0.15, 0.2) is 8.32 Å². The Kier molecular flexibility index (Phi) is 9.29. The summed E-state index contributed by atoms with van der Waals surface area (Å²) in [5.74, 6) is 0.804. The Bertz CT molecular complexity index is 1230. The van der Waals surface area contributed by atoms with Gasteiger partial charge in [0.05, 0.1) is 23.0 Å². The maximum absolute atomic E-state index is 13.1. The van der Waals surface area contributed by atoms with E-state index >= 15 is 0 Å². The number of carbonyl (C=O) groups excluding carboxylic acids is 1. The molecule has 1 heterocycles. The van der Waals surface area contributed by atoms with Crippen molar-refractivity contribution in [3.63, 3.8) is 0 Å². The lowest BCUT2D eigenvalue weighted by Gasteiger charge is -2.45. The molecule has 0 bridgehead atoms. The van der Waals surface area contributed by atoms with Crippen LogP contribution < -0.4 is 4.74 Å². The van der Waals surface area contributed by atoms with Gasteiger partial charge in [0, 0.05) is 13.1 Å². The third-order valence-corrected chi connectivity index (χ3v) is 14.0. The van der Waals surface area contributed by atoms with Crippen LogP contribution in [0.5, 0.6) is 5.75 Å². The van der Waals surface area contributed by atoms with E-state index in [4.69, 9.17) is 13.9 Å². The Morgan fingerprint density at radius 1 is 0.949 bits per heavy atom. The van der Waals surface area contributed by atoms with Crippen molar-refractivity contribution in [1.82, 2.24) is 4.90 Å². The van der Waals surface area contributed by atoms with E-state index < -0.39 is 23.8 Å². The van der Waals surface area contributed by atoms with E-state index in [2.05, 4.69) is 33.9 Å². The minimum Gasteiger partial charge on any atom is -0.497 e. The van der Waals surface area contributed by atoms with E-state index in [1.807, 2.05) is 32.9 Å². The van der Waals surface area contributed by atoms with Gasteiger partial charge in [-0.1, -0.05) is 32.9 Å². The van der Waals surface area contributed by atoms with E-state index in [1.54, 1.807) is 48.4 Å². The zero-order valence-electron chi connectivity index (χ0n) is 24.9. The van der Waals surface area contributed by atoms with Crippen LogP contribution in [0.1, 0.15) is 53.5 Å². The summed E-state index contributed by atoms with van der Waals surface area (Å²) in [4.78, 5) is 15.1. The molecule has 2 aromatic carbocycles. The standard InChI is InChI=1S/C30H45NO6SSi/c1-29(2,3)36-28(32)31-19-18-23(27(21-31)37-39(8,9)30(4,5)6)20-22-10-14-25(15-11-22)38(33,34)26-16-12-24(35-7)13-17-26/h10-17,23,27H,18-21H2,1-9H3. The number of amides is 1. The van der Waals surface area contributed by atoms with E-state index in [-0.39, 0.29) is 32.9 Å². The number of methoxy groups -OCH3 is 1. The molecule has 216 valence electrons. The number of likely N-dealkylation sites (tertiary alicyclic amines) is 1. The minimum absolute atomic E-state index is 0.0310. The predicted octanol–water partition coefficient (Wildman–Crippen LogP) is 6.72. The van der Waals surface area contributed by atoms with Crippen LogP contribution >= 0.6 is 0 Å². The molecule has 0 radical (unpaired) electrons. The van der Waals surface area contributed by atoms with Gasteiger partial charge >= 0.3 is 6.09 Å². The molecule has 9 heteroatoms. The van der Waals surface area contributed by atoms with Crippen LogP contribution in [0.25, 0.3) is 0 Å². The number of hydrogen-bond acceptors (Lipinski definition) is 6. The molecule has 2 unspecified atom stereocenters. The third kappa shape index (κ3) is 7.86. The number of piperidine rings is 1. The Morgan fingerprint density at radius 3 is 1.97 bits per heavy atom. The lowest BCUT2D eigenvalue weighted by molar-refractivity contribution is -0.00881. The highest BCUT2D eigenvalue weighted by Crippen LogP contribution is 2.39. The average Bonchev–Trinajstić information content (AvgIpc) is 2.83. The van der Waals surface area contributed by atoms with Gasteiger partial charge in [0.2, 0.25) is 9.84 Å². The number of rotatable bonds is 7. The Hall–Kier alpha value is -2.36. The molecule has 1 fully saturated rings. The molecular formula is C30H45NO6SSi. The number of benzene rings is 2. The number of sulfone groups is 1. The second-order valence-electron chi connectivity index (χ2n) is 12.9. The van der Waals surface area contributed by atoms with Crippen LogP contribution in [0, 0.1) is 5.92 Å². The number of nitrogens with zero attached hydrogens (tertiary/aromatic N) is 1. The molecule has 1 saturated heterocycles. The summed E-state index contributed by atoms with van der Waals surface area (Å²) in [6.07, 6.45) is 1.09. The van der Waals surface area contributed by atoms with Crippen LogP contribution in [-0.4, -0.2) is 59.6 Å². The van der Waals surface area contributed by atoms with Gasteiger partial charge in [-0.2, -0.15) is 0 Å². The topological polar surface area (TPSA) is 82.1 Å². The van der Waals surface area contributed by atoms with E-state index in [0.29, 0.717) is 18.8 Å². The van der Waals surface area contributed by atoms with Crippen LogP contribution in [-0.2, 0) is 25.4 Å². The lowest BCUT2D eigenvalue weighted by Crippen LogP contribution is -2.54. The molecule has 1 aliphatic rings. The summed E-state index contributed by atoms with van der Waals surface area (Å²) in [6.45, 7) is 17.8. The summed E-state index contributed by atoms with van der Waals surface area (Å²) >= 11 is 0. The molecule has 7 nitrogen and oxygen atoms in total. The van der Waals surface area contributed by atoms with Gasteiger partial charge in [-0.25, -0.2) is 13.2 Å². The molecule has 3 rings (SSSR count). The first-order valence-corrected chi connectivity index (χ1v) is 18.0. The number of hydrogen-bond donors (Lipinski definition) is 0. The van der Waals surface area contributed by atoms with Crippen molar-refractivity contribution < 1.29 is 27.1 Å². The summed E-state index contributed by atoms with van der Waals surface area (Å²) in [5.41, 5.74) is 0.487. The summed E-state index contributed by atoms with van der Waals surface area (Å²) < 4.78 is 43.9. The number of carbonyl (C=O) groups is 1. The second kappa shape index (κ2) is 11.6. The Labute approximate surface area is 235 Å². The summed E-state index contributed by atoms with van der Waals surface area (Å²) in [5, 5.41) is 0.0310. The number of ether oxygens (including phenoxy) is 2. The van der Waals surface area contributed by atoms with Crippen molar-refractivity contribution in [3.8, 4) is 5.75 Å². The molecule has 2 aromatic rings. The zero-order valence-corrected chi connectivity index (χ0v) is 26.7. The molecular weight excluding hydrogens is 530 g/mol. The van der Waals surface area contributed by atoms with Gasteiger partial charge in [-0.15, -0.1) is 0 Å². The van der Waals surface area contributed by atoms with Crippen molar-refractivity contribution in [3.05, 3.63) is 54.1 Å². The zero-order chi connectivity index (χ0) is 29.2. The molecule has 0 aromatic heterocycles. The maximum Gasteiger partial charge on any atom is 0.410 e. The predicted molar refractivity (Wildman–Crippen MR) is 157 cm³/mol. The van der Waals surface area contributed by atoms with Gasteiger partial charge < -0.3 is 18.8 Å². The highest BCUT2D eigenvalue weighted by Gasteiger charge is 2.43. The quantitative estimate of drug-likeness (QED) is 0.341. The normalized spacial score (nSPS) is 19.1. The fourth-order valence-electron chi connectivity index (χ4n) is 4.38. The average molecular weight is 576 g/mol. The highest BCUT2D eigenvalue weighted by atomic mass is 32.2. The lowest BCUT2D eigenvalue weighted by atomic mass is 9.88. The first kappa shape index (κ1) is 31.2. The molecule has 0 aliphatic carbocycles. The van der Waals surface area contributed by atoms with Gasteiger partial charge in [0.25, 0.3) is 0 Å². The van der Waals surface area contributed by atoms with Crippen molar-refractivity contribution in [2.75, 3.05) is 20.2 Å². The van der Waals surface area contributed by atoms with Crippen LogP contribution in [0.3, 0.4) is 0 Å². The largest absolute Gasteiger partial charge is 0.497 e. The van der Waals surface area contributed by atoms with Crippen molar-refractivity contribution in [2.24, 2.45) is 5.92 Å². The molecule has 0 N–H and O–H groups in total. The molecule has 0 saturated carbocycles. The summed E-state index contributed by atoms with van der Waals surface area (Å²) in [7, 11) is -4.19. The van der Waals surface area contributed by atoms with Crippen molar-refractivity contribution in [1.29, 1.82) is 0 Å². The van der Waals surface area contributed by atoms with Crippen LogP contribution in [0.2, 0.25) is 18.1 Å². The fourth-order valence-corrected chi connectivity index (χ4v) is 7.02. The van der Waals surface area contributed by atoms with E-state index in [9.17, 15) is 13.2 Å². The minimum atomic E-state index is -3.63. The molecule has 1 aliphatic heterocycles. The molecule has 0 spiro atoms. The monoisotopic (exact) mass is 575 g/mol. The Morgan fingerprint density at radius 2 is 1.49 bits per heavy atom. The van der Waals surface area contributed by atoms with Gasteiger partial charge in [0.1, 0.15) is 11.4 Å². The third-order valence-electron chi connectivity index (χ3n) is 7.70. The van der Waals surface area contributed by atoms with Crippen molar-refractivity contribution in [2.45, 2.75) is 94.0 Å². The Balaban J connectivity index is 1.79. The summed E-state index contributed by atoms with van der Waals surface area (Å²) in [6, 6.07) is 13.5. The van der Waals surface area contributed by atoms with Crippen LogP contribution in [0.15, 0.2) is 58.3 Å². The van der Waals surface area contributed by atoms with Crippen LogP contribution in [0.4, 0.5) is 4.79 Å². The first-order chi connectivity index (χ1) is 17.9. The van der Waals surface area contributed by atoms with Gasteiger partial charge in [-0.3, -0.25) is 0 Å². The molecule has 2 atom stereocenters. The molecule has 1 amide bonds. The fraction of sp³-hybridized carbons (Fsp3) is 0.567. The maximum atomic E-state index is 13.1. The SMILES string of the molecule is COc1ccc(S(=O)(=O)c2ccc(CC3CCN(C(=O)OC(C)(C)C)CC3O[Si](C)(C)C(C)(C)C)cc2)cc1. The van der Waals surface area contributed by atoms with Crippen molar-refractivity contribution >= 4 is 24.2 Å². The van der Waals surface area contributed by atoms with E-state index in [1.165, 1.54) is 0 Å². The first-order valence-electron chi connectivity index (χ1n) is 13.6. The smallest absolute Gasteiger partial charge is 0.410 e. The highest BCUT2D eigenvalue weighted by molar-refractivity contribution is 7.91. The van der Waals surface area contributed by atoms with E-state index in [0.717, 1.165) is 18.4 Å². The van der Waals surface area contributed by atoms with Gasteiger partial charge in [-0.05, 0) is 99.6 Å². The second-order valence-corrected chi connectivity index (χ2v) is 19.6.